The molecule has 0 unspecified atom stereocenters. The van der Waals surface area contributed by atoms with Crippen molar-refractivity contribution in [1.82, 2.24) is 14.1 Å². The Morgan fingerprint density at radius 1 is 1.02 bits per heavy atom. The number of fused-ring (bicyclic) bond motifs is 1. The summed E-state index contributed by atoms with van der Waals surface area (Å²) in [4.78, 5) is 34.0. The largest absolute Gasteiger partial charge is 0.481 e. The lowest BCUT2D eigenvalue weighted by Gasteiger charge is -2.37. The van der Waals surface area contributed by atoms with Gasteiger partial charge in [0.2, 0.25) is 15.9 Å². The molecule has 4 rings (SSSR count). The second-order valence-corrected chi connectivity index (χ2v) is 17.7. The van der Waals surface area contributed by atoms with Crippen molar-refractivity contribution in [2.24, 2.45) is 22.1 Å². The number of amides is 1. The topological polar surface area (TPSA) is 166 Å². The number of carbonyl (C=O) groups is 2. The number of nitrogens with zero attached hydrogens (tertiary/aromatic N) is 4. The molecule has 53 heavy (non-hydrogen) atoms. The number of benzene rings is 2. The molecule has 13 heteroatoms. The molecular weight excluding hydrogens is 695 g/mol. The van der Waals surface area contributed by atoms with Crippen molar-refractivity contribution in [3.8, 4) is 11.1 Å². The Hall–Kier alpha value is -3.62. The van der Waals surface area contributed by atoms with Crippen LogP contribution in [0.25, 0.3) is 17.2 Å². The minimum absolute atomic E-state index is 0.0425. The van der Waals surface area contributed by atoms with Crippen LogP contribution in [0.2, 0.25) is 0 Å². The summed E-state index contributed by atoms with van der Waals surface area (Å²) in [6.45, 7) is 14.8. The minimum Gasteiger partial charge on any atom is -0.481 e. The van der Waals surface area contributed by atoms with Crippen LogP contribution in [0.15, 0.2) is 51.9 Å². The number of aliphatic carboxylic acids is 1. The van der Waals surface area contributed by atoms with Crippen LogP contribution in [0.4, 0.5) is 5.69 Å². The predicted molar refractivity (Wildman–Crippen MR) is 209 cm³/mol. The molecule has 1 fully saturated rings. The zero-order chi connectivity index (χ0) is 39.1. The van der Waals surface area contributed by atoms with Gasteiger partial charge in [-0.1, -0.05) is 32.0 Å². The van der Waals surface area contributed by atoms with Gasteiger partial charge >= 0.3 is 5.97 Å². The monoisotopic (exact) mass is 753 g/mol. The summed E-state index contributed by atoms with van der Waals surface area (Å²) < 4.78 is 34.8. The highest BCUT2D eigenvalue weighted by atomic mass is 32.2. The molecule has 0 spiro atoms. The Morgan fingerprint density at radius 2 is 1.70 bits per heavy atom. The van der Waals surface area contributed by atoms with Crippen molar-refractivity contribution in [1.29, 1.82) is 0 Å². The van der Waals surface area contributed by atoms with E-state index in [1.165, 1.54) is 4.31 Å². The van der Waals surface area contributed by atoms with E-state index in [2.05, 4.69) is 18.7 Å². The second-order valence-electron chi connectivity index (χ2n) is 15.7. The highest BCUT2D eigenvalue weighted by Crippen LogP contribution is 2.36. The first-order valence-electron chi connectivity index (χ1n) is 18.7. The quantitative estimate of drug-likeness (QED) is 0.168. The molecule has 2 heterocycles. The van der Waals surface area contributed by atoms with Gasteiger partial charge in [-0.3, -0.25) is 9.59 Å². The Kier molecular flexibility index (Phi) is 14.1. The number of aliphatic imine (C=N–C) groups is 1. The SMILES string of the molecule is CCCN(CCC)C(=O)C1=Cc2ccc(-c3cc(S(=O)(=O)N4CC(CO)C4)ccc3CN(C)CCC(C)(C)OCCC(C)(C)C(=O)O)cc2N=C(N)C1. The molecule has 0 saturated carbocycles. The number of nitrogens with two attached hydrogens (primary N) is 1. The molecule has 2 aliphatic rings. The average molecular weight is 754 g/mol. The molecule has 0 aromatic heterocycles. The van der Waals surface area contributed by atoms with Gasteiger partial charge in [0, 0.05) is 76.0 Å². The minimum atomic E-state index is -3.79. The van der Waals surface area contributed by atoms with E-state index in [9.17, 15) is 28.2 Å². The lowest BCUT2D eigenvalue weighted by Crippen LogP contribution is -2.51. The second kappa shape index (κ2) is 17.7. The summed E-state index contributed by atoms with van der Waals surface area (Å²) in [5.74, 6) is -0.631. The molecule has 0 aliphatic carbocycles. The smallest absolute Gasteiger partial charge is 0.309 e. The van der Waals surface area contributed by atoms with Gasteiger partial charge < -0.3 is 30.5 Å². The van der Waals surface area contributed by atoms with E-state index in [0.29, 0.717) is 62.7 Å². The van der Waals surface area contributed by atoms with Crippen LogP contribution in [0.3, 0.4) is 0 Å². The number of hydrogen-bond donors (Lipinski definition) is 3. The maximum atomic E-state index is 13.7. The standard InChI is InChI=1S/C40H59N5O7S/c1-8-16-44(17-9-2)37(47)32-20-30-11-10-29(21-35(30)42-36(41)22-32)34-23-33(53(50,51)45-24-28(25-45)27-46)13-12-31(34)26-43(7)18-14-40(5,6)52-19-15-39(3,4)38(48)49/h10-13,20-21,23,28,46H,8-9,14-19,22,24-27H2,1-7H3,(H2,41,42)(H,48,49). The Labute approximate surface area is 315 Å². The third-order valence-electron chi connectivity index (χ3n) is 10.1. The van der Waals surface area contributed by atoms with Crippen LogP contribution in [-0.4, -0.2) is 109 Å². The van der Waals surface area contributed by atoms with Gasteiger partial charge in [0.1, 0.15) is 5.84 Å². The van der Waals surface area contributed by atoms with Crippen LogP contribution < -0.4 is 5.73 Å². The van der Waals surface area contributed by atoms with Crippen LogP contribution in [0.5, 0.6) is 0 Å². The summed E-state index contributed by atoms with van der Waals surface area (Å²) in [7, 11) is -1.79. The number of sulfonamides is 1. The molecular formula is C40H59N5O7S. The number of aliphatic hydroxyl groups is 1. The fraction of sp³-hybridized carbons (Fsp3) is 0.575. The predicted octanol–water partition coefficient (Wildman–Crippen LogP) is 5.51. The number of carboxylic acid groups (broad SMARTS) is 1. The van der Waals surface area contributed by atoms with Crippen molar-refractivity contribution in [3.05, 3.63) is 53.1 Å². The highest BCUT2D eigenvalue weighted by Gasteiger charge is 2.36. The van der Waals surface area contributed by atoms with Crippen molar-refractivity contribution in [2.45, 2.75) is 90.7 Å². The third-order valence-corrected chi connectivity index (χ3v) is 11.9. The zero-order valence-corrected chi connectivity index (χ0v) is 33.3. The van der Waals surface area contributed by atoms with E-state index in [-0.39, 0.29) is 42.8 Å². The number of rotatable bonds is 19. The van der Waals surface area contributed by atoms with Gasteiger partial charge in [0.05, 0.1) is 21.6 Å². The molecule has 4 N–H and O–H groups in total. The van der Waals surface area contributed by atoms with E-state index in [4.69, 9.17) is 15.5 Å². The van der Waals surface area contributed by atoms with Gasteiger partial charge in [0.25, 0.3) is 0 Å². The van der Waals surface area contributed by atoms with E-state index < -0.39 is 27.0 Å². The number of amidine groups is 1. The molecule has 0 radical (unpaired) electrons. The van der Waals surface area contributed by atoms with Gasteiger partial charge in [0.15, 0.2) is 0 Å². The summed E-state index contributed by atoms with van der Waals surface area (Å²) in [6.07, 6.45) is 4.90. The lowest BCUT2D eigenvalue weighted by atomic mass is 9.90. The molecule has 12 nitrogen and oxygen atoms in total. The summed E-state index contributed by atoms with van der Waals surface area (Å²) >= 11 is 0. The van der Waals surface area contributed by atoms with E-state index in [1.807, 2.05) is 56.1 Å². The summed E-state index contributed by atoms with van der Waals surface area (Å²) in [5.41, 5.74) is 9.41. The highest BCUT2D eigenvalue weighted by molar-refractivity contribution is 7.89. The number of hydrogen-bond acceptors (Lipinski definition) is 9. The lowest BCUT2D eigenvalue weighted by molar-refractivity contribution is -0.149. The fourth-order valence-electron chi connectivity index (χ4n) is 6.45. The number of ether oxygens (including phenoxy) is 1. The summed E-state index contributed by atoms with van der Waals surface area (Å²) in [6, 6.07) is 11.0. The third kappa shape index (κ3) is 10.8. The van der Waals surface area contributed by atoms with Crippen molar-refractivity contribution in [3.63, 3.8) is 0 Å². The number of carbonyl (C=O) groups excluding carboxylic acids is 1. The van der Waals surface area contributed by atoms with Crippen LogP contribution in [0.1, 0.15) is 84.8 Å². The maximum Gasteiger partial charge on any atom is 0.309 e. The van der Waals surface area contributed by atoms with Crippen LogP contribution >= 0.6 is 0 Å². The molecule has 2 aromatic carbocycles. The normalized spacial score (nSPS) is 15.7. The van der Waals surface area contributed by atoms with Gasteiger partial charge in [-0.05, 0) is 101 Å². The molecule has 292 valence electrons. The molecule has 0 atom stereocenters. The first kappa shape index (κ1) is 42.1. The fourth-order valence-corrected chi connectivity index (χ4v) is 8.07. The molecule has 2 aromatic rings. The van der Waals surface area contributed by atoms with Crippen molar-refractivity contribution < 1.29 is 33.0 Å². The van der Waals surface area contributed by atoms with E-state index in [0.717, 1.165) is 35.1 Å². The van der Waals surface area contributed by atoms with Crippen LogP contribution in [-0.2, 0) is 30.9 Å². The van der Waals surface area contributed by atoms with Crippen LogP contribution in [0, 0.1) is 11.3 Å². The number of carboxylic acids is 1. The maximum absolute atomic E-state index is 13.7. The zero-order valence-electron chi connectivity index (χ0n) is 32.5. The van der Waals surface area contributed by atoms with E-state index in [1.54, 1.807) is 26.0 Å². The van der Waals surface area contributed by atoms with Gasteiger partial charge in [-0.15, -0.1) is 0 Å². The number of aliphatic hydroxyl groups excluding tert-OH is 1. The van der Waals surface area contributed by atoms with E-state index >= 15 is 0 Å². The van der Waals surface area contributed by atoms with Crippen molar-refractivity contribution >= 4 is 39.5 Å². The molecule has 1 saturated heterocycles. The first-order valence-corrected chi connectivity index (χ1v) is 20.1. The molecule has 1 amide bonds. The average Bonchev–Trinajstić information content (AvgIpc) is 3.23. The van der Waals surface area contributed by atoms with Gasteiger partial charge in [-0.25, -0.2) is 13.4 Å². The summed E-state index contributed by atoms with van der Waals surface area (Å²) in [5, 5.41) is 18.9. The Bertz CT molecular complexity index is 1790. The first-order chi connectivity index (χ1) is 24.9. The molecule has 2 aliphatic heterocycles. The Balaban J connectivity index is 1.64. The van der Waals surface area contributed by atoms with Gasteiger partial charge in [-0.2, -0.15) is 4.31 Å². The Morgan fingerprint density at radius 3 is 2.32 bits per heavy atom. The van der Waals surface area contributed by atoms with Crippen molar-refractivity contribution in [2.75, 3.05) is 53.0 Å². The molecule has 0 bridgehead atoms.